The summed E-state index contributed by atoms with van der Waals surface area (Å²) in [7, 11) is 0. The van der Waals surface area contributed by atoms with Gasteiger partial charge in [0.05, 0.1) is 19.7 Å². The minimum atomic E-state index is -0.801. The molecule has 0 bridgehead atoms. The lowest BCUT2D eigenvalue weighted by atomic mass is 10.1. The van der Waals surface area contributed by atoms with E-state index in [0.29, 0.717) is 19.7 Å². The molecular weight excluding hydrogens is 310 g/mol. The lowest BCUT2D eigenvalue weighted by molar-refractivity contribution is -0.142. The summed E-state index contributed by atoms with van der Waals surface area (Å²) in [5, 5.41) is 4.83. The third-order valence-corrected chi connectivity index (χ3v) is 3.62. The number of hydrogen-bond donors (Lipinski definition) is 2. The fourth-order valence-corrected chi connectivity index (χ4v) is 2.42. The highest BCUT2D eigenvalue weighted by atomic mass is 16.5. The smallest absolute Gasteiger partial charge is 0.309 e. The maximum Gasteiger partial charge on any atom is 0.309 e. The molecule has 2 rings (SSSR count). The molecule has 0 aliphatic carbocycles. The molecule has 1 atom stereocenters. The van der Waals surface area contributed by atoms with Gasteiger partial charge in [-0.3, -0.25) is 14.4 Å². The highest BCUT2D eigenvalue weighted by Crippen LogP contribution is 2.21. The lowest BCUT2D eigenvalue weighted by Gasteiger charge is -2.33. The first-order chi connectivity index (χ1) is 11.5. The molecular formula is C17H23N3O4. The largest absolute Gasteiger partial charge is 0.370 e. The van der Waals surface area contributed by atoms with Crippen molar-refractivity contribution >= 4 is 17.7 Å². The van der Waals surface area contributed by atoms with Gasteiger partial charge in [0.25, 0.3) is 0 Å². The Morgan fingerprint density at radius 3 is 2.58 bits per heavy atom. The number of carbonyl (C=O) groups is 3. The van der Waals surface area contributed by atoms with Crippen LogP contribution < -0.4 is 10.6 Å². The molecule has 1 saturated heterocycles. The van der Waals surface area contributed by atoms with Crippen molar-refractivity contribution in [1.29, 1.82) is 0 Å². The van der Waals surface area contributed by atoms with Crippen LogP contribution in [0.2, 0.25) is 0 Å². The van der Waals surface area contributed by atoms with Crippen LogP contribution in [0, 0.1) is 0 Å². The van der Waals surface area contributed by atoms with Gasteiger partial charge in [0, 0.05) is 12.6 Å². The summed E-state index contributed by atoms with van der Waals surface area (Å²) in [5.74, 6) is -1.77. The first kappa shape index (κ1) is 17.9. The van der Waals surface area contributed by atoms with Crippen LogP contribution in [0.15, 0.2) is 30.3 Å². The number of morpholine rings is 1. The second-order valence-corrected chi connectivity index (χ2v) is 5.92. The number of ether oxygens (including phenoxy) is 1. The molecule has 2 N–H and O–H groups in total. The summed E-state index contributed by atoms with van der Waals surface area (Å²) in [4.78, 5) is 37.0. The molecule has 130 valence electrons. The molecule has 0 radical (unpaired) electrons. The minimum Gasteiger partial charge on any atom is -0.370 e. The van der Waals surface area contributed by atoms with Crippen LogP contribution in [-0.2, 0) is 19.1 Å². The molecule has 0 spiro atoms. The summed E-state index contributed by atoms with van der Waals surface area (Å²) in [6, 6.07) is 9.55. The number of hydrogen-bond acceptors (Lipinski definition) is 4. The van der Waals surface area contributed by atoms with Gasteiger partial charge >= 0.3 is 11.8 Å². The molecule has 1 heterocycles. The van der Waals surface area contributed by atoms with E-state index in [1.165, 1.54) is 0 Å². The molecule has 0 saturated carbocycles. The fraction of sp³-hybridized carbons (Fsp3) is 0.471. The molecule has 7 heteroatoms. The Morgan fingerprint density at radius 1 is 1.21 bits per heavy atom. The van der Waals surface area contributed by atoms with Crippen molar-refractivity contribution in [3.8, 4) is 0 Å². The number of nitrogens with zero attached hydrogens (tertiary/aromatic N) is 1. The number of carbonyl (C=O) groups excluding carboxylic acids is 3. The maximum atomic E-state index is 12.2. The monoisotopic (exact) mass is 333 g/mol. The van der Waals surface area contributed by atoms with Crippen LogP contribution in [0.3, 0.4) is 0 Å². The molecule has 7 nitrogen and oxygen atoms in total. The fourth-order valence-electron chi connectivity index (χ4n) is 2.42. The summed E-state index contributed by atoms with van der Waals surface area (Å²) in [6.07, 6.45) is -0.177. The quantitative estimate of drug-likeness (QED) is 0.772. The SMILES string of the molecule is CC(C)NC(=O)C(=O)NCC(=O)N1CCO[C@H](c2ccccc2)C1. The standard InChI is InChI=1S/C17H23N3O4/c1-12(2)19-17(23)16(22)18-10-15(21)20-8-9-24-14(11-20)13-6-4-3-5-7-13/h3-7,12,14H,8-11H2,1-2H3,(H,18,22)(H,19,23)/t14-/m0/s1. The molecule has 1 aliphatic heterocycles. The Morgan fingerprint density at radius 2 is 1.92 bits per heavy atom. The average molecular weight is 333 g/mol. The molecule has 3 amide bonds. The molecule has 1 aromatic carbocycles. The van der Waals surface area contributed by atoms with Gasteiger partial charge in [0.1, 0.15) is 6.10 Å². The third kappa shape index (κ3) is 5.06. The van der Waals surface area contributed by atoms with E-state index >= 15 is 0 Å². The van der Waals surface area contributed by atoms with Crippen LogP contribution in [0.5, 0.6) is 0 Å². The number of amides is 3. The second-order valence-electron chi connectivity index (χ2n) is 5.92. The van der Waals surface area contributed by atoms with Crippen LogP contribution in [0.25, 0.3) is 0 Å². The van der Waals surface area contributed by atoms with E-state index in [0.717, 1.165) is 5.56 Å². The molecule has 24 heavy (non-hydrogen) atoms. The van der Waals surface area contributed by atoms with Crippen LogP contribution >= 0.6 is 0 Å². The van der Waals surface area contributed by atoms with Gasteiger partial charge in [0.15, 0.2) is 0 Å². The predicted molar refractivity (Wildman–Crippen MR) is 88.0 cm³/mol. The van der Waals surface area contributed by atoms with E-state index in [4.69, 9.17) is 4.74 Å². The van der Waals surface area contributed by atoms with Gasteiger partial charge in [0.2, 0.25) is 5.91 Å². The van der Waals surface area contributed by atoms with E-state index in [1.807, 2.05) is 30.3 Å². The van der Waals surface area contributed by atoms with Crippen molar-refractivity contribution in [2.75, 3.05) is 26.2 Å². The molecule has 1 aromatic rings. The van der Waals surface area contributed by atoms with Crippen molar-refractivity contribution in [2.24, 2.45) is 0 Å². The Kier molecular flexibility index (Phi) is 6.31. The van der Waals surface area contributed by atoms with Gasteiger partial charge in [-0.1, -0.05) is 30.3 Å². The van der Waals surface area contributed by atoms with Gasteiger partial charge in [-0.25, -0.2) is 0 Å². The van der Waals surface area contributed by atoms with Gasteiger partial charge in [-0.15, -0.1) is 0 Å². The van der Waals surface area contributed by atoms with E-state index < -0.39 is 11.8 Å². The topological polar surface area (TPSA) is 87.7 Å². The first-order valence-corrected chi connectivity index (χ1v) is 8.00. The normalized spacial score (nSPS) is 17.5. The van der Waals surface area contributed by atoms with E-state index in [-0.39, 0.29) is 24.6 Å². The summed E-state index contributed by atoms with van der Waals surface area (Å²) < 4.78 is 5.71. The van der Waals surface area contributed by atoms with E-state index in [1.54, 1.807) is 18.7 Å². The van der Waals surface area contributed by atoms with Crippen molar-refractivity contribution in [2.45, 2.75) is 26.0 Å². The van der Waals surface area contributed by atoms with Crippen LogP contribution in [0.1, 0.15) is 25.5 Å². The number of benzene rings is 1. The van der Waals surface area contributed by atoms with Crippen LogP contribution in [-0.4, -0.2) is 54.9 Å². The zero-order chi connectivity index (χ0) is 17.5. The number of rotatable bonds is 4. The van der Waals surface area contributed by atoms with Crippen molar-refractivity contribution < 1.29 is 19.1 Å². The van der Waals surface area contributed by atoms with Crippen molar-refractivity contribution in [1.82, 2.24) is 15.5 Å². The van der Waals surface area contributed by atoms with Crippen molar-refractivity contribution in [3.63, 3.8) is 0 Å². The Labute approximate surface area is 141 Å². The maximum absolute atomic E-state index is 12.2. The zero-order valence-corrected chi connectivity index (χ0v) is 14.0. The first-order valence-electron chi connectivity index (χ1n) is 8.00. The lowest BCUT2D eigenvalue weighted by Crippen LogP contribution is -2.49. The molecule has 1 fully saturated rings. The highest BCUT2D eigenvalue weighted by molar-refractivity contribution is 6.35. The van der Waals surface area contributed by atoms with Gasteiger partial charge in [-0.2, -0.15) is 0 Å². The molecule has 1 aliphatic rings. The summed E-state index contributed by atoms with van der Waals surface area (Å²) in [5.41, 5.74) is 1.01. The van der Waals surface area contributed by atoms with Crippen molar-refractivity contribution in [3.05, 3.63) is 35.9 Å². The highest BCUT2D eigenvalue weighted by Gasteiger charge is 2.26. The number of nitrogens with one attached hydrogen (secondary N) is 2. The molecule has 0 unspecified atom stereocenters. The van der Waals surface area contributed by atoms with Gasteiger partial charge in [-0.05, 0) is 19.4 Å². The predicted octanol–water partition coefficient (Wildman–Crippen LogP) is 0.227. The second kappa shape index (κ2) is 8.44. The summed E-state index contributed by atoms with van der Waals surface area (Å²) >= 11 is 0. The Hall–Kier alpha value is -2.41. The van der Waals surface area contributed by atoms with E-state index in [2.05, 4.69) is 10.6 Å². The van der Waals surface area contributed by atoms with Crippen LogP contribution in [0.4, 0.5) is 0 Å². The van der Waals surface area contributed by atoms with E-state index in [9.17, 15) is 14.4 Å². The Bertz CT molecular complexity index is 589. The average Bonchev–Trinajstić information content (AvgIpc) is 2.59. The molecule has 0 aromatic heterocycles. The minimum absolute atomic E-state index is 0.134. The third-order valence-electron chi connectivity index (χ3n) is 3.62. The van der Waals surface area contributed by atoms with Gasteiger partial charge < -0.3 is 20.3 Å². The Balaban J connectivity index is 1.84. The zero-order valence-electron chi connectivity index (χ0n) is 14.0. The summed E-state index contributed by atoms with van der Waals surface area (Å²) in [6.45, 7) is 4.65.